The Labute approximate surface area is 217 Å². The van der Waals surface area contributed by atoms with Gasteiger partial charge in [0.05, 0.1) is 33.1 Å². The third kappa shape index (κ3) is 3.37. The van der Waals surface area contributed by atoms with E-state index in [1.54, 1.807) is 37.3 Å². The molecule has 0 radical (unpaired) electrons. The van der Waals surface area contributed by atoms with Crippen molar-refractivity contribution in [3.63, 3.8) is 0 Å². The Hall–Kier alpha value is -4.14. The number of aliphatic hydroxyl groups is 2. The molecule has 194 valence electrons. The van der Waals surface area contributed by atoms with Crippen molar-refractivity contribution >= 4 is 33.1 Å². The van der Waals surface area contributed by atoms with Gasteiger partial charge in [-0.2, -0.15) is 0 Å². The largest absolute Gasteiger partial charge is 0.507 e. The topological polar surface area (TPSA) is 156 Å². The summed E-state index contributed by atoms with van der Waals surface area (Å²) in [5, 5.41) is 66.6. The smallest absolute Gasteiger partial charge is 0.169 e. The summed E-state index contributed by atoms with van der Waals surface area (Å²) in [6.45, 7) is 3.07. The van der Waals surface area contributed by atoms with Gasteiger partial charge in [-0.3, -0.25) is 9.59 Å². The Balaban J connectivity index is 1.73. The molecule has 6 rings (SSSR count). The van der Waals surface area contributed by atoms with Crippen LogP contribution in [0, 0.1) is 0 Å². The standard InChI is InChI=1S/C30H26O8/c1-29(37)9-14-8-13-6-7-16(26(34)22(13)27(35)21(14)19(32)11-29)23-15-4-3-5-18(31)24(15)28(36)25-17(23)10-30(2,38)12-20(25)33/h3-8,31,34-38H,9-12H2,1-2H3/t29?,30-/m1/s1. The fraction of sp³-hybridized carbons (Fsp3) is 0.267. The minimum Gasteiger partial charge on any atom is -0.507 e. The number of benzene rings is 4. The van der Waals surface area contributed by atoms with Gasteiger partial charge in [0, 0.05) is 31.2 Å². The molecule has 0 saturated heterocycles. The van der Waals surface area contributed by atoms with Crippen LogP contribution in [0.1, 0.15) is 58.5 Å². The molecule has 0 spiro atoms. The van der Waals surface area contributed by atoms with E-state index in [0.717, 1.165) is 0 Å². The minimum absolute atomic E-state index is 0.0101. The minimum atomic E-state index is -1.41. The van der Waals surface area contributed by atoms with Gasteiger partial charge < -0.3 is 30.6 Å². The summed E-state index contributed by atoms with van der Waals surface area (Å²) in [4.78, 5) is 26.0. The number of hydrogen-bond donors (Lipinski definition) is 6. The molecule has 38 heavy (non-hydrogen) atoms. The van der Waals surface area contributed by atoms with Crippen molar-refractivity contribution in [1.82, 2.24) is 0 Å². The summed E-state index contributed by atoms with van der Waals surface area (Å²) in [6, 6.07) is 9.46. The van der Waals surface area contributed by atoms with E-state index in [4.69, 9.17) is 0 Å². The molecule has 8 nitrogen and oxygen atoms in total. The first-order valence-electron chi connectivity index (χ1n) is 12.3. The Morgan fingerprint density at radius 1 is 0.684 bits per heavy atom. The maximum Gasteiger partial charge on any atom is 0.169 e. The number of ketones is 2. The first-order valence-corrected chi connectivity index (χ1v) is 12.3. The lowest BCUT2D eigenvalue weighted by atomic mass is 9.75. The Morgan fingerprint density at radius 2 is 1.32 bits per heavy atom. The lowest BCUT2D eigenvalue weighted by molar-refractivity contribution is 0.0396. The van der Waals surface area contributed by atoms with Crippen LogP contribution in [0.4, 0.5) is 0 Å². The quantitative estimate of drug-likeness (QED) is 0.220. The number of phenols is 4. The van der Waals surface area contributed by atoms with Gasteiger partial charge in [0.1, 0.15) is 23.0 Å². The van der Waals surface area contributed by atoms with E-state index in [0.29, 0.717) is 27.5 Å². The number of fused-ring (bicyclic) bond motifs is 4. The van der Waals surface area contributed by atoms with Crippen molar-refractivity contribution in [3.8, 4) is 34.1 Å². The van der Waals surface area contributed by atoms with Crippen LogP contribution in [0.5, 0.6) is 23.0 Å². The van der Waals surface area contributed by atoms with Crippen molar-refractivity contribution in [1.29, 1.82) is 0 Å². The molecule has 0 heterocycles. The van der Waals surface area contributed by atoms with Gasteiger partial charge in [-0.1, -0.05) is 18.2 Å². The molecule has 0 saturated carbocycles. The molecule has 1 unspecified atom stereocenters. The van der Waals surface area contributed by atoms with Crippen molar-refractivity contribution in [3.05, 3.63) is 58.7 Å². The van der Waals surface area contributed by atoms with Crippen LogP contribution in [-0.2, 0) is 12.8 Å². The number of hydrogen-bond acceptors (Lipinski definition) is 8. The molecular weight excluding hydrogens is 488 g/mol. The van der Waals surface area contributed by atoms with E-state index < -0.39 is 34.3 Å². The van der Waals surface area contributed by atoms with Crippen LogP contribution >= 0.6 is 0 Å². The summed E-state index contributed by atoms with van der Waals surface area (Å²) in [7, 11) is 0. The molecule has 0 bridgehead atoms. The van der Waals surface area contributed by atoms with E-state index >= 15 is 0 Å². The van der Waals surface area contributed by atoms with Gasteiger partial charge in [-0.05, 0) is 59.5 Å². The zero-order chi connectivity index (χ0) is 27.3. The van der Waals surface area contributed by atoms with Gasteiger partial charge in [0.15, 0.2) is 11.6 Å². The molecule has 4 aromatic rings. The molecule has 6 N–H and O–H groups in total. The van der Waals surface area contributed by atoms with Gasteiger partial charge in [0.2, 0.25) is 0 Å². The molecule has 2 aliphatic carbocycles. The third-order valence-corrected chi connectivity index (χ3v) is 7.76. The summed E-state index contributed by atoms with van der Waals surface area (Å²) >= 11 is 0. The predicted octanol–water partition coefficient (Wildman–Crippen LogP) is 4.24. The molecule has 0 amide bonds. The van der Waals surface area contributed by atoms with E-state index in [9.17, 15) is 40.2 Å². The average molecular weight is 515 g/mol. The Bertz CT molecular complexity index is 1750. The number of rotatable bonds is 1. The van der Waals surface area contributed by atoms with E-state index in [-0.39, 0.29) is 64.6 Å². The van der Waals surface area contributed by atoms with Crippen LogP contribution in [-0.4, -0.2) is 53.4 Å². The number of phenolic OH excluding ortho intramolecular Hbond substituents is 4. The number of aromatic hydroxyl groups is 4. The first-order chi connectivity index (χ1) is 17.8. The van der Waals surface area contributed by atoms with Crippen LogP contribution in [0.2, 0.25) is 0 Å². The second-order valence-corrected chi connectivity index (χ2v) is 11.1. The molecule has 0 aromatic heterocycles. The SMILES string of the molecule is CC1(O)CC(=O)c2c(cc3ccc(-c4c5c(c(O)c6c(O)cccc46)C(=O)C[C@](C)(O)C5)c(O)c3c2O)C1. The molecule has 0 aliphatic heterocycles. The summed E-state index contributed by atoms with van der Waals surface area (Å²) in [6.07, 6.45) is -0.253. The zero-order valence-electron chi connectivity index (χ0n) is 20.8. The van der Waals surface area contributed by atoms with Crippen LogP contribution in [0.15, 0.2) is 36.4 Å². The number of carbonyl (C=O) groups is 2. The fourth-order valence-electron chi connectivity index (χ4n) is 6.29. The maximum absolute atomic E-state index is 13.1. The average Bonchev–Trinajstić information content (AvgIpc) is 2.77. The van der Waals surface area contributed by atoms with Crippen LogP contribution < -0.4 is 0 Å². The maximum atomic E-state index is 13.1. The monoisotopic (exact) mass is 514 g/mol. The first kappa shape index (κ1) is 24.2. The Morgan fingerprint density at radius 3 is 2.03 bits per heavy atom. The van der Waals surface area contributed by atoms with Gasteiger partial charge in [-0.15, -0.1) is 0 Å². The lowest BCUT2D eigenvalue weighted by Gasteiger charge is -2.32. The van der Waals surface area contributed by atoms with Gasteiger partial charge >= 0.3 is 0 Å². The van der Waals surface area contributed by atoms with Gasteiger partial charge in [0.25, 0.3) is 0 Å². The van der Waals surface area contributed by atoms with Gasteiger partial charge in [-0.25, -0.2) is 0 Å². The molecule has 4 aromatic carbocycles. The highest BCUT2D eigenvalue weighted by Gasteiger charge is 2.39. The third-order valence-electron chi connectivity index (χ3n) is 7.76. The second-order valence-electron chi connectivity index (χ2n) is 11.1. The van der Waals surface area contributed by atoms with Crippen LogP contribution in [0.25, 0.3) is 32.7 Å². The number of Topliss-reactive ketones (excluding diaryl/α,β-unsaturated/α-hetero) is 2. The van der Waals surface area contributed by atoms with Crippen molar-refractivity contribution in [2.45, 2.75) is 50.7 Å². The molecule has 2 aliphatic rings. The molecule has 8 heteroatoms. The zero-order valence-corrected chi connectivity index (χ0v) is 20.8. The predicted molar refractivity (Wildman–Crippen MR) is 140 cm³/mol. The van der Waals surface area contributed by atoms with E-state index in [1.807, 2.05) is 0 Å². The van der Waals surface area contributed by atoms with Crippen molar-refractivity contribution in [2.75, 3.05) is 0 Å². The molecule has 2 atom stereocenters. The van der Waals surface area contributed by atoms with Crippen LogP contribution in [0.3, 0.4) is 0 Å². The fourth-order valence-corrected chi connectivity index (χ4v) is 6.29. The second kappa shape index (κ2) is 7.69. The summed E-state index contributed by atoms with van der Waals surface area (Å²) in [5.41, 5.74) is -1.35. The van der Waals surface area contributed by atoms with Crippen molar-refractivity contribution < 1.29 is 40.2 Å². The van der Waals surface area contributed by atoms with E-state index in [2.05, 4.69) is 0 Å². The lowest BCUT2D eigenvalue weighted by Crippen LogP contribution is -2.36. The number of carbonyl (C=O) groups excluding carboxylic acids is 2. The molecular formula is C30H26O8. The Kier molecular flexibility index (Phi) is 4.90. The van der Waals surface area contributed by atoms with Crippen molar-refractivity contribution in [2.24, 2.45) is 0 Å². The van der Waals surface area contributed by atoms with E-state index in [1.165, 1.54) is 13.0 Å². The highest BCUT2D eigenvalue weighted by molar-refractivity contribution is 6.17. The molecule has 0 fully saturated rings. The highest BCUT2D eigenvalue weighted by Crippen LogP contribution is 2.52. The highest BCUT2D eigenvalue weighted by atomic mass is 16.3. The summed E-state index contributed by atoms with van der Waals surface area (Å²) in [5.74, 6) is -2.37. The normalized spacial score (nSPS) is 23.1. The summed E-state index contributed by atoms with van der Waals surface area (Å²) < 4.78 is 0.